The quantitative estimate of drug-likeness (QED) is 0.178. The molecule has 0 saturated carbocycles. The highest BCUT2D eigenvalue weighted by molar-refractivity contribution is 7.86. The van der Waals surface area contributed by atoms with Gasteiger partial charge in [0.1, 0.15) is 18.1 Å². The van der Waals surface area contributed by atoms with Gasteiger partial charge in [0.05, 0.1) is 38.6 Å². The molecule has 0 aromatic heterocycles. The summed E-state index contributed by atoms with van der Waals surface area (Å²) in [5.41, 5.74) is 1.18. The van der Waals surface area contributed by atoms with E-state index in [4.69, 9.17) is 26.8 Å². The number of benzene rings is 3. The first kappa shape index (κ1) is 33.6. The van der Waals surface area contributed by atoms with E-state index >= 15 is 0 Å². The van der Waals surface area contributed by atoms with Crippen LogP contribution in [0, 0.1) is 0 Å². The monoisotopic (exact) mass is 656 g/mol. The number of hydrogen-bond donors (Lipinski definition) is 0. The van der Waals surface area contributed by atoms with Crippen LogP contribution in [0.25, 0.3) is 22.3 Å². The predicted molar refractivity (Wildman–Crippen MR) is 162 cm³/mol. The summed E-state index contributed by atoms with van der Waals surface area (Å²) in [5.74, 6) is -0.0846. The van der Waals surface area contributed by atoms with Crippen molar-refractivity contribution in [3.63, 3.8) is 0 Å². The van der Waals surface area contributed by atoms with E-state index in [2.05, 4.69) is 0 Å². The molecule has 3 aromatic rings. The van der Waals surface area contributed by atoms with Crippen molar-refractivity contribution in [1.82, 2.24) is 0 Å². The van der Waals surface area contributed by atoms with Crippen molar-refractivity contribution >= 4 is 30.4 Å². The Kier molecular flexibility index (Phi) is 10.6. The van der Waals surface area contributed by atoms with Crippen molar-refractivity contribution in [2.45, 2.75) is 13.3 Å². The van der Waals surface area contributed by atoms with Gasteiger partial charge >= 0.3 is 30.4 Å². The molecule has 0 N–H and O–H groups in total. The number of ether oxygens (including phenoxy) is 3. The molecule has 15 heteroatoms. The highest BCUT2D eigenvalue weighted by Crippen LogP contribution is 2.51. The van der Waals surface area contributed by atoms with Gasteiger partial charge < -0.3 is 26.8 Å². The van der Waals surface area contributed by atoms with Gasteiger partial charge in [0.15, 0.2) is 23.0 Å². The summed E-state index contributed by atoms with van der Waals surface area (Å²) in [5, 5.41) is 0. The second kappa shape index (κ2) is 13.6. The Balaban J connectivity index is 2.29. The standard InChI is InChI=1S/C28H32O12S3/c1-7-8-9-16-37-23-15-12-20(17-24(23)39-42(5,31)32)26-25(35-2)18-22(27(36-3)28(26)40-43(6,33)34)19-10-13-21(14-11-19)38-41(4,29)30/h8-15,17-18H,7,16H2,1-6H3/b9-8+. The van der Waals surface area contributed by atoms with E-state index in [0.29, 0.717) is 11.1 Å². The third kappa shape index (κ3) is 9.53. The van der Waals surface area contributed by atoms with E-state index in [9.17, 15) is 25.3 Å². The molecule has 234 valence electrons. The highest BCUT2D eigenvalue weighted by Gasteiger charge is 2.27. The lowest BCUT2D eigenvalue weighted by atomic mass is 9.96. The van der Waals surface area contributed by atoms with E-state index < -0.39 is 30.4 Å². The normalized spacial score (nSPS) is 12.1. The molecule has 3 aromatic carbocycles. The number of methoxy groups -OCH3 is 2. The van der Waals surface area contributed by atoms with Crippen molar-refractivity contribution in [2.24, 2.45) is 0 Å². The third-order valence-corrected chi connectivity index (χ3v) is 6.93. The van der Waals surface area contributed by atoms with Gasteiger partial charge in [-0.1, -0.05) is 37.3 Å². The molecule has 12 nitrogen and oxygen atoms in total. The fourth-order valence-corrected chi connectivity index (χ4v) is 5.33. The van der Waals surface area contributed by atoms with E-state index in [1.54, 1.807) is 30.3 Å². The zero-order valence-electron chi connectivity index (χ0n) is 24.3. The fraction of sp³-hybridized carbons (Fsp3) is 0.286. The molecule has 0 atom stereocenters. The Morgan fingerprint density at radius 2 is 1.23 bits per heavy atom. The van der Waals surface area contributed by atoms with Crippen LogP contribution in [0.15, 0.2) is 60.7 Å². The van der Waals surface area contributed by atoms with Gasteiger partial charge in [-0.25, -0.2) is 0 Å². The lowest BCUT2D eigenvalue weighted by Gasteiger charge is -2.21. The summed E-state index contributed by atoms with van der Waals surface area (Å²) in [4.78, 5) is 0. The number of allylic oxidation sites excluding steroid dienone is 1. The van der Waals surface area contributed by atoms with Crippen LogP contribution in [0.3, 0.4) is 0 Å². The first-order chi connectivity index (χ1) is 20.0. The molecule has 0 bridgehead atoms. The average Bonchev–Trinajstić information content (AvgIpc) is 2.89. The van der Waals surface area contributed by atoms with Crippen molar-refractivity contribution < 1.29 is 52.0 Å². The Morgan fingerprint density at radius 1 is 0.628 bits per heavy atom. The van der Waals surface area contributed by atoms with E-state index in [0.717, 1.165) is 25.2 Å². The van der Waals surface area contributed by atoms with Crippen molar-refractivity contribution in [1.29, 1.82) is 0 Å². The van der Waals surface area contributed by atoms with E-state index in [1.165, 1.54) is 38.5 Å². The molecule has 0 heterocycles. The third-order valence-electron chi connectivity index (χ3n) is 5.48. The minimum Gasteiger partial charge on any atom is -0.496 e. The van der Waals surface area contributed by atoms with Crippen LogP contribution in [-0.2, 0) is 30.4 Å². The maximum absolute atomic E-state index is 12.4. The van der Waals surface area contributed by atoms with Gasteiger partial charge in [0, 0.05) is 5.56 Å². The second-order valence-electron chi connectivity index (χ2n) is 9.10. The fourth-order valence-electron chi connectivity index (χ4n) is 3.95. The SMILES string of the molecule is CC/C=C/COc1ccc(-c2c(OC)cc(-c3ccc(OS(C)(=O)=O)cc3)c(OC)c2OS(C)(=O)=O)cc1OS(C)(=O)=O. The second-order valence-corrected chi connectivity index (χ2v) is 13.8. The lowest BCUT2D eigenvalue weighted by molar-refractivity contribution is 0.347. The molecule has 3 rings (SSSR count). The Hall–Kier alpha value is -3.95. The zero-order chi connectivity index (χ0) is 32.0. The molecule has 0 radical (unpaired) electrons. The van der Waals surface area contributed by atoms with Gasteiger partial charge in [0.2, 0.25) is 0 Å². The van der Waals surface area contributed by atoms with Crippen LogP contribution >= 0.6 is 0 Å². The van der Waals surface area contributed by atoms with Gasteiger partial charge in [-0.2, -0.15) is 25.3 Å². The molecule has 0 fully saturated rings. The van der Waals surface area contributed by atoms with Crippen molar-refractivity contribution in [3.8, 4) is 56.8 Å². The molecule has 43 heavy (non-hydrogen) atoms. The van der Waals surface area contributed by atoms with E-state index in [1.807, 2.05) is 13.0 Å². The Morgan fingerprint density at radius 3 is 1.77 bits per heavy atom. The summed E-state index contributed by atoms with van der Waals surface area (Å²) < 4.78 is 105. The topological polar surface area (TPSA) is 158 Å². The molecule has 0 aliphatic heterocycles. The average molecular weight is 657 g/mol. The molecule has 0 saturated heterocycles. The molecule has 0 amide bonds. The van der Waals surface area contributed by atoms with Crippen LogP contribution in [0.4, 0.5) is 0 Å². The maximum atomic E-state index is 12.4. The largest absolute Gasteiger partial charge is 0.496 e. The van der Waals surface area contributed by atoms with Gasteiger partial charge in [0.25, 0.3) is 0 Å². The molecular formula is C28H32O12S3. The summed E-state index contributed by atoms with van der Waals surface area (Å²) in [6.45, 7) is 2.10. The van der Waals surface area contributed by atoms with Crippen LogP contribution < -0.4 is 26.8 Å². The maximum Gasteiger partial charge on any atom is 0.306 e. The minimum absolute atomic E-state index is 0.00591. The molecule has 0 unspecified atom stereocenters. The Labute approximate surface area is 252 Å². The smallest absolute Gasteiger partial charge is 0.306 e. The highest BCUT2D eigenvalue weighted by atomic mass is 32.2. The molecule has 0 spiro atoms. The van der Waals surface area contributed by atoms with Gasteiger partial charge in [-0.15, -0.1) is 0 Å². The molecule has 0 aliphatic carbocycles. The minimum atomic E-state index is -4.14. The van der Waals surface area contributed by atoms with E-state index in [-0.39, 0.29) is 52.2 Å². The Bertz CT molecular complexity index is 1810. The molecular weight excluding hydrogens is 624 g/mol. The zero-order valence-corrected chi connectivity index (χ0v) is 26.8. The first-order valence-corrected chi connectivity index (χ1v) is 18.0. The van der Waals surface area contributed by atoms with Crippen molar-refractivity contribution in [2.75, 3.05) is 39.6 Å². The number of hydrogen-bond acceptors (Lipinski definition) is 12. The predicted octanol–water partition coefficient (Wildman–Crippen LogP) is 4.40. The summed E-state index contributed by atoms with van der Waals surface area (Å²) in [6, 6.07) is 11.8. The van der Waals surface area contributed by atoms with Crippen LogP contribution in [0.5, 0.6) is 34.5 Å². The summed E-state index contributed by atoms with van der Waals surface area (Å²) in [7, 11) is -9.22. The summed E-state index contributed by atoms with van der Waals surface area (Å²) in [6.07, 6.45) is 7.08. The van der Waals surface area contributed by atoms with Gasteiger partial charge in [-0.05, 0) is 47.9 Å². The van der Waals surface area contributed by atoms with Crippen LogP contribution in [-0.4, -0.2) is 64.8 Å². The first-order valence-electron chi connectivity index (χ1n) is 12.5. The van der Waals surface area contributed by atoms with Gasteiger partial charge in [-0.3, -0.25) is 0 Å². The lowest BCUT2D eigenvalue weighted by Crippen LogP contribution is -2.10. The summed E-state index contributed by atoms with van der Waals surface area (Å²) >= 11 is 0. The number of rotatable bonds is 14. The molecule has 0 aliphatic rings. The van der Waals surface area contributed by atoms with Crippen LogP contribution in [0.2, 0.25) is 0 Å². The van der Waals surface area contributed by atoms with Crippen molar-refractivity contribution in [3.05, 3.63) is 60.7 Å². The van der Waals surface area contributed by atoms with Crippen LogP contribution in [0.1, 0.15) is 13.3 Å².